The lowest BCUT2D eigenvalue weighted by molar-refractivity contribution is -0.384. The average Bonchev–Trinajstić information content (AvgIpc) is 3.35. The zero-order valence-electron chi connectivity index (χ0n) is 14.0. The predicted octanol–water partition coefficient (Wildman–Crippen LogP) is 2.52. The summed E-state index contributed by atoms with van der Waals surface area (Å²) < 4.78 is 4.92. The molecule has 3 rings (SSSR count). The number of carbonyl (C=O) groups excluding carboxylic acids is 2. The van der Waals surface area contributed by atoms with E-state index < -0.39 is 16.7 Å². The lowest BCUT2D eigenvalue weighted by Gasteiger charge is -2.07. The number of halogens is 1. The number of benzene rings is 1. The Hall–Kier alpha value is -3.31. The Morgan fingerprint density at radius 2 is 1.96 bits per heavy atom. The van der Waals surface area contributed by atoms with Crippen molar-refractivity contribution in [2.45, 2.75) is 0 Å². The van der Waals surface area contributed by atoms with E-state index in [0.717, 1.165) is 10.9 Å². The highest BCUT2D eigenvalue weighted by Crippen LogP contribution is 2.22. The van der Waals surface area contributed by atoms with Gasteiger partial charge in [-0.3, -0.25) is 19.7 Å². The van der Waals surface area contributed by atoms with Crippen LogP contribution in [0.25, 0.3) is 10.7 Å². The number of amides is 2. The summed E-state index contributed by atoms with van der Waals surface area (Å²) in [4.78, 5) is 38.9. The highest BCUT2D eigenvalue weighted by atomic mass is 35.5. The van der Waals surface area contributed by atoms with E-state index in [1.165, 1.54) is 23.5 Å². The van der Waals surface area contributed by atoms with Crippen LogP contribution in [0.4, 0.5) is 5.69 Å². The summed E-state index contributed by atoms with van der Waals surface area (Å²) in [6, 6.07) is 7.17. The van der Waals surface area contributed by atoms with Gasteiger partial charge in [0.1, 0.15) is 0 Å². The van der Waals surface area contributed by atoms with Crippen molar-refractivity contribution in [1.82, 2.24) is 20.8 Å². The van der Waals surface area contributed by atoms with Crippen molar-refractivity contribution in [2.24, 2.45) is 0 Å². The molecule has 0 atom stereocenters. The Bertz CT molecular complexity index is 1020. The molecule has 0 bridgehead atoms. The first-order valence-electron chi connectivity index (χ1n) is 7.83. The monoisotopic (exact) mass is 421 g/mol. The third-order valence-corrected chi connectivity index (χ3v) is 4.64. The molecule has 28 heavy (non-hydrogen) atoms. The predicted molar refractivity (Wildman–Crippen MR) is 100 cm³/mol. The summed E-state index contributed by atoms with van der Waals surface area (Å²) in [6.07, 6.45) is 0. The lowest BCUT2D eigenvalue weighted by atomic mass is 10.2. The molecule has 2 aromatic heterocycles. The minimum absolute atomic E-state index is 0.0392. The van der Waals surface area contributed by atoms with Gasteiger partial charge in [-0.05, 0) is 17.5 Å². The second-order valence-electron chi connectivity index (χ2n) is 5.33. The maximum absolute atomic E-state index is 12.1. The number of nitro benzene ring substituents is 1. The Balaban J connectivity index is 1.48. The lowest BCUT2D eigenvalue weighted by Crippen LogP contribution is -2.34. The molecule has 0 fully saturated rings. The van der Waals surface area contributed by atoms with Crippen LogP contribution in [0.15, 0.2) is 40.2 Å². The Morgan fingerprint density at radius 3 is 2.61 bits per heavy atom. The van der Waals surface area contributed by atoms with Crippen LogP contribution in [0.3, 0.4) is 0 Å². The molecule has 0 aliphatic carbocycles. The largest absolute Gasteiger partial charge is 0.350 e. The highest BCUT2D eigenvalue weighted by molar-refractivity contribution is 7.13. The van der Waals surface area contributed by atoms with Gasteiger partial charge in [-0.15, -0.1) is 11.3 Å². The van der Waals surface area contributed by atoms with Crippen LogP contribution in [0, 0.1) is 10.1 Å². The van der Waals surface area contributed by atoms with Crippen molar-refractivity contribution in [2.75, 3.05) is 13.1 Å². The van der Waals surface area contributed by atoms with E-state index in [0.29, 0.717) is 5.82 Å². The summed E-state index contributed by atoms with van der Waals surface area (Å²) >= 11 is 7.31. The van der Waals surface area contributed by atoms with E-state index in [2.05, 4.69) is 20.8 Å². The van der Waals surface area contributed by atoms with Gasteiger partial charge in [-0.25, -0.2) is 0 Å². The third kappa shape index (κ3) is 4.50. The van der Waals surface area contributed by atoms with Crippen molar-refractivity contribution >= 4 is 40.4 Å². The Morgan fingerprint density at radius 1 is 1.21 bits per heavy atom. The molecule has 2 amide bonds. The molecule has 1 aromatic carbocycles. The van der Waals surface area contributed by atoms with Crippen LogP contribution in [0.5, 0.6) is 0 Å². The van der Waals surface area contributed by atoms with E-state index in [1.54, 1.807) is 6.07 Å². The number of carbonyl (C=O) groups is 2. The van der Waals surface area contributed by atoms with E-state index in [4.69, 9.17) is 16.1 Å². The van der Waals surface area contributed by atoms with E-state index >= 15 is 0 Å². The first-order chi connectivity index (χ1) is 13.5. The first kappa shape index (κ1) is 19.5. The zero-order chi connectivity index (χ0) is 20.1. The third-order valence-electron chi connectivity index (χ3n) is 3.47. The van der Waals surface area contributed by atoms with Crippen LogP contribution < -0.4 is 10.6 Å². The minimum Gasteiger partial charge on any atom is -0.350 e. The molecule has 0 aliphatic heterocycles. The Kier molecular flexibility index (Phi) is 5.96. The highest BCUT2D eigenvalue weighted by Gasteiger charge is 2.17. The summed E-state index contributed by atoms with van der Waals surface area (Å²) in [5, 5.41) is 21.3. The standard InChI is InChI=1S/C16H12ClN5O5S/c17-11-8-9(22(25)26)3-4-10(11)14(23)18-5-6-19-15(24)16-20-13(21-27-16)12-2-1-7-28-12/h1-4,7-8H,5-6H2,(H,18,23)(H,19,24). The molecule has 0 unspecified atom stereocenters. The second-order valence-corrected chi connectivity index (χ2v) is 6.69. The number of aromatic nitrogens is 2. The average molecular weight is 422 g/mol. The summed E-state index contributed by atoms with van der Waals surface area (Å²) in [6.45, 7) is 0.204. The first-order valence-corrected chi connectivity index (χ1v) is 9.09. The van der Waals surface area contributed by atoms with E-state index in [9.17, 15) is 19.7 Å². The zero-order valence-corrected chi connectivity index (χ0v) is 15.6. The maximum atomic E-state index is 12.1. The van der Waals surface area contributed by atoms with Gasteiger partial charge in [0, 0.05) is 25.2 Å². The number of thiophene rings is 1. The normalized spacial score (nSPS) is 10.5. The second kappa shape index (κ2) is 8.59. The molecular weight excluding hydrogens is 410 g/mol. The van der Waals surface area contributed by atoms with Crippen molar-refractivity contribution in [3.63, 3.8) is 0 Å². The van der Waals surface area contributed by atoms with Gasteiger partial charge < -0.3 is 15.2 Å². The fourth-order valence-corrected chi connectivity index (χ4v) is 3.06. The molecule has 0 saturated heterocycles. The number of nitro groups is 1. The SMILES string of the molecule is O=C(NCCNC(=O)c1ccc([N+](=O)[O-])cc1Cl)c1nc(-c2cccs2)no1. The summed E-state index contributed by atoms with van der Waals surface area (Å²) in [7, 11) is 0. The van der Waals surface area contributed by atoms with Crippen LogP contribution in [-0.2, 0) is 0 Å². The fourth-order valence-electron chi connectivity index (χ4n) is 2.15. The number of rotatable bonds is 7. The van der Waals surface area contributed by atoms with Crippen molar-refractivity contribution in [1.29, 1.82) is 0 Å². The molecular formula is C16H12ClN5O5S. The fraction of sp³-hybridized carbons (Fsp3) is 0.125. The number of nitrogens with zero attached hydrogens (tertiary/aromatic N) is 3. The van der Waals surface area contributed by atoms with Gasteiger partial charge in [0.15, 0.2) is 0 Å². The summed E-state index contributed by atoms with van der Waals surface area (Å²) in [5.41, 5.74) is -0.119. The number of nitrogens with one attached hydrogen (secondary N) is 2. The minimum atomic E-state index is -0.607. The van der Waals surface area contributed by atoms with Crippen molar-refractivity contribution < 1.29 is 19.0 Å². The molecule has 2 heterocycles. The smallest absolute Gasteiger partial charge is 0.316 e. The van der Waals surface area contributed by atoms with Crippen LogP contribution in [-0.4, -0.2) is 40.0 Å². The maximum Gasteiger partial charge on any atom is 0.316 e. The molecule has 0 aliphatic rings. The topological polar surface area (TPSA) is 140 Å². The van der Waals surface area contributed by atoms with Gasteiger partial charge in [0.25, 0.3) is 11.6 Å². The van der Waals surface area contributed by atoms with Crippen molar-refractivity contribution in [3.8, 4) is 10.7 Å². The molecule has 0 spiro atoms. The summed E-state index contributed by atoms with van der Waals surface area (Å²) in [5.74, 6) is -0.959. The quantitative estimate of drug-likeness (QED) is 0.339. The molecule has 0 radical (unpaired) electrons. The molecule has 3 aromatic rings. The van der Waals surface area contributed by atoms with Crippen LogP contribution >= 0.6 is 22.9 Å². The number of hydrogen-bond donors (Lipinski definition) is 2. The van der Waals surface area contributed by atoms with Gasteiger partial charge in [-0.1, -0.05) is 22.8 Å². The van der Waals surface area contributed by atoms with Crippen molar-refractivity contribution in [3.05, 3.63) is 62.3 Å². The van der Waals surface area contributed by atoms with Gasteiger partial charge in [0.05, 0.1) is 20.4 Å². The van der Waals surface area contributed by atoms with Gasteiger partial charge in [0.2, 0.25) is 5.82 Å². The molecule has 10 nitrogen and oxygen atoms in total. The number of non-ortho nitro benzene ring substituents is 1. The van der Waals surface area contributed by atoms with Crippen LogP contribution in [0.2, 0.25) is 5.02 Å². The van der Waals surface area contributed by atoms with E-state index in [1.807, 2.05) is 11.4 Å². The van der Waals surface area contributed by atoms with Crippen LogP contribution in [0.1, 0.15) is 21.0 Å². The molecule has 12 heteroatoms. The number of hydrogen-bond acceptors (Lipinski definition) is 8. The molecule has 144 valence electrons. The Labute approximate surface area is 166 Å². The molecule has 2 N–H and O–H groups in total. The van der Waals surface area contributed by atoms with E-state index in [-0.39, 0.29) is 35.3 Å². The molecule has 0 saturated carbocycles. The van der Waals surface area contributed by atoms with Gasteiger partial charge in [-0.2, -0.15) is 4.98 Å². The van der Waals surface area contributed by atoms with Gasteiger partial charge >= 0.3 is 11.8 Å².